The number of halogens is 3. The quantitative estimate of drug-likeness (QED) is 0.0451. The van der Waals surface area contributed by atoms with Gasteiger partial charge in [0.25, 0.3) is 5.91 Å². The Labute approximate surface area is 436 Å². The number of allylic oxidation sites excluding steroid dienone is 1. The molecule has 3 atom stereocenters. The highest BCUT2D eigenvalue weighted by Gasteiger charge is 2.45. The lowest BCUT2D eigenvalue weighted by atomic mass is 9.81. The highest BCUT2D eigenvalue weighted by atomic mass is 32.1. The molecular formula is C56H72F3N7O7S. The number of rotatable bonds is 23. The van der Waals surface area contributed by atoms with E-state index in [1.807, 2.05) is 87.8 Å². The van der Waals surface area contributed by atoms with Crippen LogP contribution in [0.25, 0.3) is 16.5 Å². The number of hydrogen-bond acceptors (Lipinski definition) is 10. The Morgan fingerprint density at radius 3 is 2.22 bits per heavy atom. The van der Waals surface area contributed by atoms with Gasteiger partial charge in [0, 0.05) is 44.6 Å². The summed E-state index contributed by atoms with van der Waals surface area (Å²) in [5.41, 5.74) is 6.44. The van der Waals surface area contributed by atoms with Crippen LogP contribution in [0.2, 0.25) is 0 Å². The van der Waals surface area contributed by atoms with E-state index in [2.05, 4.69) is 31.2 Å². The predicted molar refractivity (Wildman–Crippen MR) is 280 cm³/mol. The van der Waals surface area contributed by atoms with Crippen LogP contribution in [-0.2, 0) is 38.7 Å². The number of methoxy groups -OCH3 is 1. The average Bonchev–Trinajstić information content (AvgIpc) is 3.99. The summed E-state index contributed by atoms with van der Waals surface area (Å²) in [7, 11) is 1.49. The van der Waals surface area contributed by atoms with Gasteiger partial charge in [-0.1, -0.05) is 107 Å². The number of pyridine rings is 1. The Morgan fingerprint density at radius 2 is 1.54 bits per heavy atom. The van der Waals surface area contributed by atoms with Crippen LogP contribution in [0.5, 0.6) is 5.75 Å². The molecule has 4 aromatic rings. The number of nitrogens with zero attached hydrogens (tertiary/aromatic N) is 3. The fraction of sp³-hybridized carbons (Fsp3) is 0.518. The Balaban J connectivity index is 0.845. The van der Waals surface area contributed by atoms with Crippen molar-refractivity contribution < 1.29 is 47.0 Å². The maximum Gasteiger partial charge on any atom is 0.391 e. The summed E-state index contributed by atoms with van der Waals surface area (Å²) in [6.07, 6.45) is 6.75. The summed E-state index contributed by atoms with van der Waals surface area (Å²) in [4.78, 5) is 77.6. The Hall–Kier alpha value is -6.14. The zero-order chi connectivity index (χ0) is 53.4. The summed E-state index contributed by atoms with van der Waals surface area (Å²) in [5.74, 6) is -2.31. The van der Waals surface area contributed by atoms with Gasteiger partial charge in [-0.3, -0.25) is 24.0 Å². The van der Waals surface area contributed by atoms with Gasteiger partial charge in [-0.05, 0) is 85.1 Å². The number of alkyl halides is 3. The van der Waals surface area contributed by atoms with E-state index in [9.17, 15) is 42.3 Å². The molecule has 2 aromatic heterocycles. The number of thiazole rings is 1. The van der Waals surface area contributed by atoms with E-state index in [1.165, 1.54) is 18.2 Å². The van der Waals surface area contributed by atoms with Gasteiger partial charge in [0.2, 0.25) is 23.6 Å². The SMILES string of the molecule is COc1cnc(C(=O)NCc2cccc(CC(=O)NCCCCCCCCC(=O)NC(C(=O)N3CC(O)CC3C(=O)NCc3ccc(-c4scnc4C)cc3)C(C)(C)C)c2)cc1C=CC1CCC(C(F)(F)F)CC1. The highest BCUT2D eigenvalue weighted by Crippen LogP contribution is 2.40. The van der Waals surface area contributed by atoms with Crippen LogP contribution in [0.1, 0.15) is 136 Å². The largest absolute Gasteiger partial charge is 0.495 e. The summed E-state index contributed by atoms with van der Waals surface area (Å²) in [6, 6.07) is 15.1. The van der Waals surface area contributed by atoms with Crippen molar-refractivity contribution in [3.8, 4) is 16.2 Å². The summed E-state index contributed by atoms with van der Waals surface area (Å²) < 4.78 is 44.8. The van der Waals surface area contributed by atoms with Crippen LogP contribution < -0.4 is 26.0 Å². The number of aliphatic hydroxyl groups excluding tert-OH is 1. The van der Waals surface area contributed by atoms with Crippen molar-refractivity contribution in [2.75, 3.05) is 20.2 Å². The number of likely N-dealkylation sites (tertiary alicyclic amines) is 1. The molecule has 0 spiro atoms. The fourth-order valence-corrected chi connectivity index (χ4v) is 10.3. The topological polar surface area (TPSA) is 192 Å². The van der Waals surface area contributed by atoms with Gasteiger partial charge >= 0.3 is 6.18 Å². The van der Waals surface area contributed by atoms with Crippen molar-refractivity contribution in [1.29, 1.82) is 0 Å². The molecule has 1 aliphatic carbocycles. The molecule has 6 rings (SSSR count). The minimum Gasteiger partial charge on any atom is -0.495 e. The standard InChI is InChI=1S/C56H72F3N7O7S/c1-36-50(74-35-64-36)41-21-17-38(18-22-41)31-63-53(71)46-30-44(67)34-66(46)54(72)51(55(2,3)4)65-48(68)15-10-8-6-7-9-11-26-60-49(69)28-39-13-12-14-40(27-39)32-62-52(70)45-29-42(47(73-5)33-61-45)23-16-37-19-24-43(25-20-37)56(57,58)59/h12-14,16-18,21-23,27,29,33,35,37,43-44,46,51,67H,6-11,15,19-20,24-26,28,30-32,34H2,1-5H3,(H,60,69)(H,62,70)(H,63,71)(H,65,68). The molecule has 3 unspecified atom stereocenters. The van der Waals surface area contributed by atoms with Crippen LogP contribution in [0, 0.1) is 24.2 Å². The molecule has 400 valence electrons. The van der Waals surface area contributed by atoms with E-state index < -0.39 is 47.5 Å². The third-order valence-electron chi connectivity index (χ3n) is 13.8. The van der Waals surface area contributed by atoms with E-state index in [1.54, 1.807) is 23.5 Å². The van der Waals surface area contributed by atoms with Crippen molar-refractivity contribution in [2.45, 2.75) is 149 Å². The second kappa shape index (κ2) is 26.9. The minimum absolute atomic E-state index is 0.00410. The van der Waals surface area contributed by atoms with E-state index in [4.69, 9.17) is 4.74 Å². The lowest BCUT2D eigenvalue weighted by Crippen LogP contribution is -2.57. The molecule has 2 aromatic carbocycles. The molecule has 2 aliphatic rings. The third kappa shape index (κ3) is 16.9. The molecule has 5 N–H and O–H groups in total. The average molecular weight is 1040 g/mol. The second-order valence-corrected chi connectivity index (χ2v) is 21.5. The molecule has 2 fully saturated rings. The number of nitrogens with one attached hydrogen (secondary N) is 4. The monoisotopic (exact) mass is 1040 g/mol. The van der Waals surface area contributed by atoms with E-state index >= 15 is 0 Å². The normalized spacial score (nSPS) is 18.5. The maximum atomic E-state index is 14.0. The van der Waals surface area contributed by atoms with Gasteiger partial charge < -0.3 is 36.0 Å². The van der Waals surface area contributed by atoms with Gasteiger partial charge in [0.1, 0.15) is 23.5 Å². The molecule has 0 bridgehead atoms. The van der Waals surface area contributed by atoms with Gasteiger partial charge in [-0.25, -0.2) is 9.97 Å². The zero-order valence-electron chi connectivity index (χ0n) is 43.2. The zero-order valence-corrected chi connectivity index (χ0v) is 44.0. The molecular weight excluding hydrogens is 972 g/mol. The molecule has 3 heterocycles. The van der Waals surface area contributed by atoms with E-state index in [0.717, 1.165) is 64.9 Å². The van der Waals surface area contributed by atoms with E-state index in [0.29, 0.717) is 37.1 Å². The molecule has 74 heavy (non-hydrogen) atoms. The van der Waals surface area contributed by atoms with Crippen LogP contribution in [0.15, 0.2) is 72.4 Å². The van der Waals surface area contributed by atoms with Crippen molar-refractivity contribution >= 4 is 46.9 Å². The number of unbranched alkanes of at least 4 members (excludes halogenated alkanes) is 5. The number of aromatic nitrogens is 2. The molecule has 1 aliphatic heterocycles. The lowest BCUT2D eigenvalue weighted by molar-refractivity contribution is -0.183. The van der Waals surface area contributed by atoms with Gasteiger partial charge in [-0.15, -0.1) is 11.3 Å². The number of carbonyl (C=O) groups is 5. The van der Waals surface area contributed by atoms with Gasteiger partial charge in [0.05, 0.1) is 47.8 Å². The van der Waals surface area contributed by atoms with Crippen molar-refractivity contribution in [3.63, 3.8) is 0 Å². The summed E-state index contributed by atoms with van der Waals surface area (Å²) >= 11 is 1.57. The Kier molecular flexibility index (Phi) is 20.8. The number of aryl methyl sites for hydroxylation is 1. The van der Waals surface area contributed by atoms with Crippen LogP contribution in [0.4, 0.5) is 13.2 Å². The van der Waals surface area contributed by atoms with Crippen molar-refractivity contribution in [3.05, 3.63) is 106 Å². The second-order valence-electron chi connectivity index (χ2n) is 20.7. The number of amides is 5. The predicted octanol–water partition coefficient (Wildman–Crippen LogP) is 9.03. The first-order chi connectivity index (χ1) is 35.3. The van der Waals surface area contributed by atoms with Crippen molar-refractivity contribution in [1.82, 2.24) is 36.1 Å². The van der Waals surface area contributed by atoms with Gasteiger partial charge in [0.15, 0.2) is 0 Å². The lowest BCUT2D eigenvalue weighted by Gasteiger charge is -2.35. The first-order valence-corrected chi connectivity index (χ1v) is 26.6. The van der Waals surface area contributed by atoms with Crippen LogP contribution >= 0.6 is 11.3 Å². The number of β-amino-alcohol motifs (C(OH)–C–C–N with tert-alkyl or cyclic N) is 1. The Bertz CT molecular complexity index is 2550. The third-order valence-corrected chi connectivity index (χ3v) is 14.8. The van der Waals surface area contributed by atoms with Crippen molar-refractivity contribution in [2.24, 2.45) is 17.3 Å². The molecule has 0 radical (unpaired) electrons. The smallest absolute Gasteiger partial charge is 0.391 e. The maximum absolute atomic E-state index is 14.0. The fourth-order valence-electron chi connectivity index (χ4n) is 9.49. The molecule has 1 saturated carbocycles. The first-order valence-electron chi connectivity index (χ1n) is 25.8. The number of benzene rings is 2. The first kappa shape index (κ1) is 57.1. The summed E-state index contributed by atoms with van der Waals surface area (Å²) in [5, 5.41) is 22.3. The molecule has 1 saturated heterocycles. The summed E-state index contributed by atoms with van der Waals surface area (Å²) in [6.45, 7) is 8.56. The van der Waals surface area contributed by atoms with Crippen LogP contribution in [-0.4, -0.2) is 94.1 Å². The molecule has 5 amide bonds. The number of hydrogen-bond donors (Lipinski definition) is 5. The minimum atomic E-state index is -4.16. The molecule has 14 nitrogen and oxygen atoms in total. The Morgan fingerprint density at radius 1 is 0.851 bits per heavy atom. The van der Waals surface area contributed by atoms with E-state index in [-0.39, 0.29) is 81.1 Å². The van der Waals surface area contributed by atoms with Crippen LogP contribution in [0.3, 0.4) is 0 Å². The number of carbonyl (C=O) groups excluding carboxylic acids is 5. The highest BCUT2D eigenvalue weighted by molar-refractivity contribution is 7.13. The number of ether oxygens (including phenoxy) is 1. The number of aliphatic hydroxyl groups is 1. The van der Waals surface area contributed by atoms with Gasteiger partial charge in [-0.2, -0.15) is 13.2 Å². The molecule has 18 heteroatoms.